The fourth-order valence-corrected chi connectivity index (χ4v) is 3.16. The number of carbonyl (C=O) groups excluding carboxylic acids is 1. The normalized spacial score (nSPS) is 23.6. The number of esters is 1. The zero-order valence-corrected chi connectivity index (χ0v) is 12.3. The molecule has 2 nitrogen and oxygen atoms in total. The minimum atomic E-state index is -0.376. The van der Waals surface area contributed by atoms with E-state index in [4.69, 9.17) is 4.74 Å². The van der Waals surface area contributed by atoms with Gasteiger partial charge in [-0.3, -0.25) is 4.79 Å². The largest absolute Gasteiger partial charge is 0.466 e. The van der Waals surface area contributed by atoms with E-state index in [0.29, 0.717) is 6.61 Å². The minimum absolute atomic E-state index is 0.0530. The smallest absolute Gasteiger partial charge is 0.313 e. The van der Waals surface area contributed by atoms with Crippen molar-refractivity contribution in [1.82, 2.24) is 0 Å². The van der Waals surface area contributed by atoms with Gasteiger partial charge in [0.1, 0.15) is 0 Å². The molecule has 2 aromatic rings. The average molecular weight is 280 g/mol. The Morgan fingerprint density at radius 3 is 2.33 bits per heavy atom. The van der Waals surface area contributed by atoms with Crippen LogP contribution in [0.15, 0.2) is 60.7 Å². The molecule has 0 spiro atoms. The molecule has 1 aliphatic carbocycles. The zero-order valence-electron chi connectivity index (χ0n) is 12.3. The lowest BCUT2D eigenvalue weighted by Crippen LogP contribution is -2.23. The molecule has 0 N–H and O–H groups in total. The van der Waals surface area contributed by atoms with Crippen molar-refractivity contribution in [2.24, 2.45) is 5.41 Å². The van der Waals surface area contributed by atoms with Gasteiger partial charge in [-0.05, 0) is 30.9 Å². The topological polar surface area (TPSA) is 26.3 Å². The third-order valence-electron chi connectivity index (χ3n) is 4.32. The lowest BCUT2D eigenvalue weighted by Gasteiger charge is -2.16. The molecule has 0 radical (unpaired) electrons. The van der Waals surface area contributed by atoms with Gasteiger partial charge < -0.3 is 4.74 Å². The second-order valence-electron chi connectivity index (χ2n) is 5.71. The highest BCUT2D eigenvalue weighted by molar-refractivity contribution is 5.83. The Morgan fingerprint density at radius 1 is 1.10 bits per heavy atom. The molecular formula is C19H20O2. The van der Waals surface area contributed by atoms with Gasteiger partial charge in [0.2, 0.25) is 0 Å². The van der Waals surface area contributed by atoms with E-state index in [1.165, 1.54) is 11.1 Å². The highest BCUT2D eigenvalue weighted by atomic mass is 16.5. The molecule has 2 heteroatoms. The second-order valence-corrected chi connectivity index (χ2v) is 5.71. The van der Waals surface area contributed by atoms with E-state index < -0.39 is 0 Å². The molecule has 0 unspecified atom stereocenters. The summed E-state index contributed by atoms with van der Waals surface area (Å²) in [5.41, 5.74) is 2.06. The first kappa shape index (κ1) is 13.9. The average Bonchev–Trinajstić information content (AvgIpc) is 3.25. The summed E-state index contributed by atoms with van der Waals surface area (Å²) < 4.78 is 5.35. The fourth-order valence-electron chi connectivity index (χ4n) is 3.16. The Bertz CT molecular complexity index is 606. The number of hydrogen-bond donors (Lipinski definition) is 0. The van der Waals surface area contributed by atoms with Crippen LogP contribution in [0, 0.1) is 5.41 Å². The van der Waals surface area contributed by atoms with Crippen LogP contribution >= 0.6 is 0 Å². The summed E-state index contributed by atoms with van der Waals surface area (Å²) in [5, 5.41) is 0. The van der Waals surface area contributed by atoms with E-state index in [1.54, 1.807) is 0 Å². The van der Waals surface area contributed by atoms with E-state index in [2.05, 4.69) is 24.3 Å². The van der Waals surface area contributed by atoms with Crippen molar-refractivity contribution >= 4 is 5.97 Å². The zero-order chi connectivity index (χ0) is 14.7. The second kappa shape index (κ2) is 5.72. The monoisotopic (exact) mass is 280 g/mol. The van der Waals surface area contributed by atoms with E-state index in [9.17, 15) is 4.79 Å². The van der Waals surface area contributed by atoms with Gasteiger partial charge in [-0.15, -0.1) is 0 Å². The van der Waals surface area contributed by atoms with Crippen LogP contribution in [0.1, 0.15) is 30.4 Å². The minimum Gasteiger partial charge on any atom is -0.466 e. The summed E-state index contributed by atoms with van der Waals surface area (Å²) >= 11 is 0. The molecule has 108 valence electrons. The Labute approximate surface area is 125 Å². The van der Waals surface area contributed by atoms with Crippen LogP contribution < -0.4 is 0 Å². The van der Waals surface area contributed by atoms with E-state index in [0.717, 1.165) is 12.8 Å². The Morgan fingerprint density at radius 2 is 1.71 bits per heavy atom. The van der Waals surface area contributed by atoms with E-state index in [-0.39, 0.29) is 17.3 Å². The molecule has 0 amide bonds. The number of rotatable bonds is 5. The first-order valence-electron chi connectivity index (χ1n) is 7.52. The van der Waals surface area contributed by atoms with Crippen LogP contribution in [0.2, 0.25) is 0 Å². The van der Waals surface area contributed by atoms with Gasteiger partial charge in [-0.25, -0.2) is 0 Å². The maximum Gasteiger partial charge on any atom is 0.313 e. The van der Waals surface area contributed by atoms with Crippen molar-refractivity contribution in [3.8, 4) is 0 Å². The summed E-state index contributed by atoms with van der Waals surface area (Å²) in [6, 6.07) is 20.5. The molecule has 1 fully saturated rings. The third-order valence-corrected chi connectivity index (χ3v) is 4.32. The summed E-state index contributed by atoms with van der Waals surface area (Å²) in [7, 11) is 0. The van der Waals surface area contributed by atoms with Crippen LogP contribution in [0.5, 0.6) is 0 Å². The van der Waals surface area contributed by atoms with Gasteiger partial charge in [0, 0.05) is 5.92 Å². The fraction of sp³-hybridized carbons (Fsp3) is 0.316. The number of carbonyl (C=O) groups is 1. The van der Waals surface area contributed by atoms with Gasteiger partial charge in [0.15, 0.2) is 0 Å². The first-order chi connectivity index (χ1) is 10.3. The molecule has 0 heterocycles. The molecule has 0 saturated heterocycles. The molecule has 21 heavy (non-hydrogen) atoms. The Kier molecular flexibility index (Phi) is 3.78. The number of benzene rings is 2. The molecule has 3 rings (SSSR count). The predicted octanol–water partition coefficient (Wildman–Crippen LogP) is 3.97. The van der Waals surface area contributed by atoms with Crippen molar-refractivity contribution in [3.63, 3.8) is 0 Å². The summed E-state index contributed by atoms with van der Waals surface area (Å²) in [6.07, 6.45) is 1.64. The van der Waals surface area contributed by atoms with Crippen LogP contribution in [-0.2, 0) is 16.0 Å². The molecule has 2 atom stereocenters. The van der Waals surface area contributed by atoms with Crippen LogP contribution in [-0.4, -0.2) is 12.6 Å². The van der Waals surface area contributed by atoms with Crippen molar-refractivity contribution in [2.45, 2.75) is 25.7 Å². The SMILES string of the molecule is CCOC(=O)[C@@]1(Cc2ccccc2)C[C@@H]1c1ccccc1. The Balaban J connectivity index is 1.86. The van der Waals surface area contributed by atoms with E-state index >= 15 is 0 Å². The maximum absolute atomic E-state index is 12.5. The lowest BCUT2D eigenvalue weighted by molar-refractivity contribution is -0.149. The molecule has 2 aromatic carbocycles. The molecule has 0 aromatic heterocycles. The quantitative estimate of drug-likeness (QED) is 0.775. The predicted molar refractivity (Wildman–Crippen MR) is 83.0 cm³/mol. The highest BCUT2D eigenvalue weighted by Crippen LogP contribution is 2.61. The molecule has 0 aliphatic heterocycles. The van der Waals surface area contributed by atoms with Crippen molar-refractivity contribution < 1.29 is 9.53 Å². The highest BCUT2D eigenvalue weighted by Gasteiger charge is 2.61. The van der Waals surface area contributed by atoms with Gasteiger partial charge in [-0.1, -0.05) is 60.7 Å². The number of hydrogen-bond acceptors (Lipinski definition) is 2. The lowest BCUT2D eigenvalue weighted by atomic mass is 9.91. The van der Waals surface area contributed by atoms with Crippen molar-refractivity contribution in [2.75, 3.05) is 6.61 Å². The molecule has 0 bridgehead atoms. The van der Waals surface area contributed by atoms with Crippen molar-refractivity contribution in [3.05, 3.63) is 71.8 Å². The van der Waals surface area contributed by atoms with Gasteiger partial charge in [0.05, 0.1) is 12.0 Å². The van der Waals surface area contributed by atoms with Crippen LogP contribution in [0.4, 0.5) is 0 Å². The Hall–Kier alpha value is -2.09. The first-order valence-corrected chi connectivity index (χ1v) is 7.52. The third kappa shape index (κ3) is 2.71. The van der Waals surface area contributed by atoms with Gasteiger partial charge in [0.25, 0.3) is 0 Å². The maximum atomic E-state index is 12.5. The number of ether oxygens (including phenoxy) is 1. The molecule has 1 aliphatic rings. The summed E-state index contributed by atoms with van der Waals surface area (Å²) in [5.74, 6) is 0.223. The van der Waals surface area contributed by atoms with Gasteiger partial charge >= 0.3 is 5.97 Å². The summed E-state index contributed by atoms with van der Waals surface area (Å²) in [4.78, 5) is 12.5. The summed E-state index contributed by atoms with van der Waals surface area (Å²) in [6.45, 7) is 2.31. The van der Waals surface area contributed by atoms with Gasteiger partial charge in [-0.2, -0.15) is 0 Å². The standard InChI is InChI=1S/C19H20O2/c1-2-21-18(20)19(13-15-9-5-3-6-10-15)14-17(19)16-11-7-4-8-12-16/h3-12,17H,2,13-14H2,1H3/t17-,19+/m1/s1. The molecular weight excluding hydrogens is 260 g/mol. The molecule has 1 saturated carbocycles. The van der Waals surface area contributed by atoms with Crippen molar-refractivity contribution in [1.29, 1.82) is 0 Å². The van der Waals surface area contributed by atoms with Crippen LogP contribution in [0.3, 0.4) is 0 Å². The van der Waals surface area contributed by atoms with Crippen LogP contribution in [0.25, 0.3) is 0 Å². The van der Waals surface area contributed by atoms with E-state index in [1.807, 2.05) is 43.3 Å².